The topological polar surface area (TPSA) is 101 Å². The van der Waals surface area contributed by atoms with Gasteiger partial charge >= 0.3 is 0 Å². The number of carbonyl (C=O) groups excluding carboxylic acids is 1. The number of hydrogen-bond acceptors (Lipinski definition) is 6. The summed E-state index contributed by atoms with van der Waals surface area (Å²) in [4.78, 5) is 28.1. The standard InChI is InChI=1S/C33H36I2N4O4Si/c1-21-31(44(2,3)42)30(14-15-38-19-28(36-37-38)26(20-40)23-9-5-4-6-10-23)43-33(21)27-17-25(35)12-13-29(27)39(32(33)41)18-22-8-7-11-24(34)16-22/h4-13,16-17,19,21,26,30-31,40,42H,14-15,18,20H2,1-3H3/t21-,26?,30+,31-,33+/m1/s1. The first kappa shape index (κ1) is 31.8. The number of benzene rings is 3. The van der Waals surface area contributed by atoms with E-state index in [0.29, 0.717) is 25.2 Å². The summed E-state index contributed by atoms with van der Waals surface area (Å²) in [6.07, 6.45) is 2.09. The predicted octanol–water partition coefficient (Wildman–Crippen LogP) is 6.05. The van der Waals surface area contributed by atoms with Gasteiger partial charge in [-0.3, -0.25) is 9.48 Å². The number of halogens is 2. The molecule has 0 saturated carbocycles. The summed E-state index contributed by atoms with van der Waals surface area (Å²) in [5.74, 6) is -0.558. The predicted molar refractivity (Wildman–Crippen MR) is 189 cm³/mol. The second kappa shape index (κ2) is 12.6. The lowest BCUT2D eigenvalue weighted by Gasteiger charge is -2.32. The number of rotatable bonds is 9. The maximum Gasteiger partial charge on any atom is 0.264 e. The quantitative estimate of drug-likeness (QED) is 0.158. The molecule has 1 unspecified atom stereocenters. The van der Waals surface area contributed by atoms with Crippen LogP contribution < -0.4 is 4.90 Å². The van der Waals surface area contributed by atoms with E-state index in [9.17, 15) is 14.7 Å². The largest absolute Gasteiger partial charge is 0.432 e. The van der Waals surface area contributed by atoms with Crippen molar-refractivity contribution >= 4 is 65.1 Å². The molecular formula is C33H36I2N4O4Si. The van der Waals surface area contributed by atoms with Crippen molar-refractivity contribution in [3.05, 3.63) is 109 Å². The fourth-order valence-corrected chi connectivity index (χ4v) is 10.9. The number of aromatic nitrogens is 3. The van der Waals surface area contributed by atoms with E-state index < -0.39 is 13.9 Å². The number of ether oxygens (including phenoxy) is 1. The van der Waals surface area contributed by atoms with E-state index in [1.807, 2.05) is 84.9 Å². The molecule has 3 heterocycles. The van der Waals surface area contributed by atoms with E-state index in [1.165, 1.54) is 0 Å². The average molecular weight is 835 g/mol. The number of anilines is 1. The van der Waals surface area contributed by atoms with Crippen molar-refractivity contribution in [1.29, 1.82) is 0 Å². The Hall–Kier alpha value is -2.17. The Kier molecular flexibility index (Phi) is 9.07. The number of hydrogen-bond donors (Lipinski definition) is 2. The third kappa shape index (κ3) is 5.79. The Morgan fingerprint density at radius 2 is 1.80 bits per heavy atom. The molecular weight excluding hydrogens is 798 g/mol. The van der Waals surface area contributed by atoms with Crippen molar-refractivity contribution in [3.8, 4) is 0 Å². The monoisotopic (exact) mass is 834 g/mol. The minimum absolute atomic E-state index is 0.0664. The van der Waals surface area contributed by atoms with Crippen LogP contribution >= 0.6 is 45.2 Å². The molecule has 8 nitrogen and oxygen atoms in total. The third-order valence-corrected chi connectivity index (χ3v) is 13.0. The molecule has 2 aliphatic heterocycles. The highest BCUT2D eigenvalue weighted by Gasteiger charge is 2.66. The van der Waals surface area contributed by atoms with Gasteiger partial charge in [-0.25, -0.2) is 0 Å². The zero-order chi connectivity index (χ0) is 31.2. The second-order valence-electron chi connectivity index (χ2n) is 12.4. The van der Waals surface area contributed by atoms with Crippen molar-refractivity contribution < 1.29 is 19.4 Å². The van der Waals surface area contributed by atoms with E-state index in [4.69, 9.17) is 4.74 Å². The molecule has 3 aromatic carbocycles. The fourth-order valence-electron chi connectivity index (χ4n) is 7.19. The first-order valence-electron chi connectivity index (χ1n) is 14.9. The van der Waals surface area contributed by atoms with E-state index in [1.54, 1.807) is 4.68 Å². The number of fused-ring (bicyclic) bond motifs is 2. The maximum atomic E-state index is 14.6. The highest BCUT2D eigenvalue weighted by atomic mass is 127. The van der Waals surface area contributed by atoms with Crippen LogP contribution in [0.5, 0.6) is 0 Å². The number of nitrogens with zero attached hydrogens (tertiary/aromatic N) is 4. The highest BCUT2D eigenvalue weighted by molar-refractivity contribution is 14.1. The van der Waals surface area contributed by atoms with Crippen LogP contribution in [0.3, 0.4) is 0 Å². The van der Waals surface area contributed by atoms with Crippen LogP contribution in [0.15, 0.2) is 79.0 Å². The smallest absolute Gasteiger partial charge is 0.264 e. The van der Waals surface area contributed by atoms with Crippen LogP contribution in [0, 0.1) is 13.1 Å². The molecule has 2 aliphatic rings. The Morgan fingerprint density at radius 1 is 1.05 bits per heavy atom. The van der Waals surface area contributed by atoms with E-state index >= 15 is 0 Å². The molecule has 1 saturated heterocycles. The Morgan fingerprint density at radius 3 is 2.50 bits per heavy atom. The lowest BCUT2D eigenvalue weighted by molar-refractivity contribution is -0.146. The molecule has 44 heavy (non-hydrogen) atoms. The minimum atomic E-state index is -2.79. The van der Waals surface area contributed by atoms with Gasteiger partial charge in [0.25, 0.3) is 5.91 Å². The lowest BCUT2D eigenvalue weighted by atomic mass is 9.82. The van der Waals surface area contributed by atoms with Crippen LogP contribution in [-0.2, 0) is 28.2 Å². The summed E-state index contributed by atoms with van der Waals surface area (Å²) in [5, 5.41) is 18.9. The molecule has 1 amide bonds. The molecule has 6 rings (SSSR count). The number of aryl methyl sites for hydroxylation is 1. The first-order chi connectivity index (χ1) is 21.0. The molecule has 1 fully saturated rings. The van der Waals surface area contributed by atoms with Gasteiger partial charge in [-0.15, -0.1) is 5.10 Å². The van der Waals surface area contributed by atoms with Crippen LogP contribution in [0.2, 0.25) is 18.6 Å². The van der Waals surface area contributed by atoms with E-state index in [-0.39, 0.29) is 36.0 Å². The molecule has 11 heteroatoms. The summed E-state index contributed by atoms with van der Waals surface area (Å²) < 4.78 is 10.9. The molecule has 0 aliphatic carbocycles. The van der Waals surface area contributed by atoms with Gasteiger partial charge in [-0.05, 0) is 106 Å². The third-order valence-electron chi connectivity index (χ3n) is 9.12. The van der Waals surface area contributed by atoms with E-state index in [0.717, 1.165) is 29.5 Å². The lowest BCUT2D eigenvalue weighted by Crippen LogP contribution is -2.46. The Bertz CT molecular complexity index is 1660. The molecule has 2 N–H and O–H groups in total. The summed E-state index contributed by atoms with van der Waals surface area (Å²) in [5.41, 5.74) is 3.14. The number of aliphatic hydroxyl groups is 1. The van der Waals surface area contributed by atoms with Crippen molar-refractivity contribution in [2.45, 2.75) is 62.7 Å². The van der Waals surface area contributed by atoms with Gasteiger partial charge in [0, 0.05) is 36.9 Å². The molecule has 1 spiro atoms. The van der Waals surface area contributed by atoms with Gasteiger partial charge in [-0.1, -0.05) is 54.6 Å². The molecule has 0 bridgehead atoms. The SMILES string of the molecule is C[C@@H]1[C@@H]([Si](C)(C)O)[C@H](CCn2cc(C(CO)c3ccccc3)nn2)O[C@@]12C(=O)N(Cc1cccc(I)c1)c1ccc(I)cc12. The maximum absolute atomic E-state index is 14.6. The van der Waals surface area contributed by atoms with Crippen LogP contribution in [0.4, 0.5) is 5.69 Å². The second-order valence-corrected chi connectivity index (χ2v) is 18.8. The molecule has 5 atom stereocenters. The highest BCUT2D eigenvalue weighted by Crippen LogP contribution is 2.60. The fraction of sp³-hybridized carbons (Fsp3) is 0.364. The van der Waals surface area contributed by atoms with Gasteiger partial charge in [0.2, 0.25) is 0 Å². The molecule has 1 aromatic heterocycles. The Labute approximate surface area is 286 Å². The summed E-state index contributed by atoms with van der Waals surface area (Å²) in [6, 6.07) is 24.1. The van der Waals surface area contributed by atoms with Gasteiger partial charge in [-0.2, -0.15) is 0 Å². The normalized spacial score (nSPS) is 23.8. The van der Waals surface area contributed by atoms with Crippen molar-refractivity contribution in [2.75, 3.05) is 11.5 Å². The first-order valence-corrected chi connectivity index (χ1v) is 20.0. The van der Waals surface area contributed by atoms with Crippen molar-refractivity contribution in [3.63, 3.8) is 0 Å². The van der Waals surface area contributed by atoms with Crippen LogP contribution in [0.25, 0.3) is 0 Å². The minimum Gasteiger partial charge on any atom is -0.432 e. The number of aliphatic hydroxyl groups excluding tert-OH is 1. The summed E-state index contributed by atoms with van der Waals surface area (Å²) >= 11 is 4.59. The number of carbonyl (C=O) groups is 1. The molecule has 0 radical (unpaired) electrons. The van der Waals surface area contributed by atoms with Crippen molar-refractivity contribution in [1.82, 2.24) is 15.0 Å². The molecule has 230 valence electrons. The van der Waals surface area contributed by atoms with Crippen LogP contribution in [0.1, 0.15) is 41.6 Å². The van der Waals surface area contributed by atoms with Gasteiger partial charge in [0.15, 0.2) is 13.9 Å². The van der Waals surface area contributed by atoms with E-state index in [2.05, 4.69) is 74.6 Å². The van der Waals surface area contributed by atoms with Crippen LogP contribution in [-0.4, -0.2) is 51.8 Å². The molecule has 4 aromatic rings. The number of amides is 1. The van der Waals surface area contributed by atoms with Gasteiger partial charge in [0.1, 0.15) is 0 Å². The zero-order valence-corrected chi connectivity index (χ0v) is 30.2. The van der Waals surface area contributed by atoms with Gasteiger partial charge in [0.05, 0.1) is 36.6 Å². The Balaban J connectivity index is 1.30. The zero-order valence-electron chi connectivity index (χ0n) is 24.9. The summed E-state index contributed by atoms with van der Waals surface area (Å²) in [6.45, 7) is 6.86. The average Bonchev–Trinajstić information content (AvgIpc) is 3.63. The van der Waals surface area contributed by atoms with Crippen molar-refractivity contribution in [2.24, 2.45) is 5.92 Å². The summed E-state index contributed by atoms with van der Waals surface area (Å²) in [7, 11) is -2.79. The van der Waals surface area contributed by atoms with Gasteiger partial charge < -0.3 is 19.5 Å².